The summed E-state index contributed by atoms with van der Waals surface area (Å²) in [5.74, 6) is -1.44. The van der Waals surface area contributed by atoms with Crippen LogP contribution in [0.5, 0.6) is 5.75 Å². The molecule has 1 rings (SSSR count). The Labute approximate surface area is 113 Å². The van der Waals surface area contributed by atoms with E-state index in [1.807, 2.05) is 13.8 Å². The third-order valence-electron chi connectivity index (χ3n) is 1.98. The first-order valence-electron chi connectivity index (χ1n) is 6.19. The number of anilines is 1. The lowest BCUT2D eigenvalue weighted by molar-refractivity contribution is -0.131. The molecule has 0 saturated heterocycles. The molecule has 0 aliphatic rings. The first-order chi connectivity index (χ1) is 8.90. The number of carbonyl (C=O) groups excluding carboxylic acids is 2. The fourth-order valence-electron chi connectivity index (χ4n) is 1.11. The molecule has 0 radical (unpaired) electrons. The summed E-state index contributed by atoms with van der Waals surface area (Å²) in [6.07, 6.45) is 0. The minimum Gasteiger partial charge on any atom is -0.427 e. The number of carbonyl (C=O) groups is 2. The first kappa shape index (κ1) is 17.1. The van der Waals surface area contributed by atoms with Crippen LogP contribution in [-0.4, -0.2) is 11.9 Å². The highest BCUT2D eigenvalue weighted by Crippen LogP contribution is 2.22. The Morgan fingerprint density at radius 1 is 1.26 bits per heavy atom. The number of ether oxygens (including phenoxy) is 1. The molecule has 0 unspecified atom stereocenters. The van der Waals surface area contributed by atoms with Crippen LogP contribution in [0.3, 0.4) is 0 Å². The van der Waals surface area contributed by atoms with Crippen molar-refractivity contribution in [1.29, 1.82) is 0 Å². The van der Waals surface area contributed by atoms with Crippen molar-refractivity contribution in [3.8, 4) is 5.75 Å². The van der Waals surface area contributed by atoms with Gasteiger partial charge in [0.2, 0.25) is 5.91 Å². The molecule has 0 aliphatic carbocycles. The molecule has 1 aromatic rings. The topological polar surface area (TPSA) is 55.4 Å². The van der Waals surface area contributed by atoms with Crippen molar-refractivity contribution in [2.24, 2.45) is 5.92 Å². The van der Waals surface area contributed by atoms with Crippen molar-refractivity contribution in [2.45, 2.75) is 34.6 Å². The van der Waals surface area contributed by atoms with Gasteiger partial charge >= 0.3 is 5.97 Å². The standard InChI is InChI=1S/C12H14FNO3.C2H6/c1-7(2)12(16)14-11-6-9(17-8(3)15)4-5-10(11)13;1-2/h4-7H,1-3H3,(H,14,16);1-2H3. The Kier molecular flexibility index (Phi) is 7.41. The van der Waals surface area contributed by atoms with Gasteiger partial charge in [0.1, 0.15) is 11.6 Å². The molecular formula is C14H20FNO3. The average Bonchev–Trinajstić information content (AvgIpc) is 2.35. The molecule has 0 atom stereocenters. The van der Waals surface area contributed by atoms with E-state index in [9.17, 15) is 14.0 Å². The van der Waals surface area contributed by atoms with Gasteiger partial charge in [-0.1, -0.05) is 27.7 Å². The second kappa shape index (κ2) is 8.24. The normalized spacial score (nSPS) is 9.42. The Balaban J connectivity index is 0.00000154. The highest BCUT2D eigenvalue weighted by Gasteiger charge is 2.11. The molecule has 1 amide bonds. The van der Waals surface area contributed by atoms with E-state index >= 15 is 0 Å². The third-order valence-corrected chi connectivity index (χ3v) is 1.98. The minimum atomic E-state index is -0.574. The highest BCUT2D eigenvalue weighted by molar-refractivity contribution is 5.92. The summed E-state index contributed by atoms with van der Waals surface area (Å²) in [6, 6.07) is 3.73. The maximum absolute atomic E-state index is 13.4. The van der Waals surface area contributed by atoms with Gasteiger partial charge in [-0.05, 0) is 12.1 Å². The summed E-state index contributed by atoms with van der Waals surface area (Å²) >= 11 is 0. The lowest BCUT2D eigenvalue weighted by atomic mass is 10.2. The molecule has 106 valence electrons. The molecule has 0 aromatic heterocycles. The van der Waals surface area contributed by atoms with Gasteiger partial charge in [0.15, 0.2) is 0 Å². The fraction of sp³-hybridized carbons (Fsp3) is 0.429. The Morgan fingerprint density at radius 3 is 2.32 bits per heavy atom. The molecule has 0 spiro atoms. The maximum atomic E-state index is 13.4. The van der Waals surface area contributed by atoms with Crippen LogP contribution < -0.4 is 10.1 Å². The number of esters is 1. The van der Waals surface area contributed by atoms with E-state index in [1.54, 1.807) is 13.8 Å². The lowest BCUT2D eigenvalue weighted by Gasteiger charge is -2.10. The van der Waals surface area contributed by atoms with Crippen LogP contribution >= 0.6 is 0 Å². The van der Waals surface area contributed by atoms with E-state index < -0.39 is 11.8 Å². The molecule has 0 saturated carbocycles. The third kappa shape index (κ3) is 5.99. The number of benzene rings is 1. The van der Waals surface area contributed by atoms with Crippen molar-refractivity contribution in [1.82, 2.24) is 0 Å². The lowest BCUT2D eigenvalue weighted by Crippen LogP contribution is -2.18. The van der Waals surface area contributed by atoms with E-state index in [0.29, 0.717) is 0 Å². The minimum absolute atomic E-state index is 0.00227. The van der Waals surface area contributed by atoms with Crippen molar-refractivity contribution in [2.75, 3.05) is 5.32 Å². The van der Waals surface area contributed by atoms with E-state index in [2.05, 4.69) is 5.32 Å². The smallest absolute Gasteiger partial charge is 0.308 e. The zero-order valence-corrected chi connectivity index (χ0v) is 11.9. The largest absolute Gasteiger partial charge is 0.427 e. The van der Waals surface area contributed by atoms with Gasteiger partial charge in [0.05, 0.1) is 5.69 Å². The van der Waals surface area contributed by atoms with E-state index in [4.69, 9.17) is 4.74 Å². The summed E-state index contributed by atoms with van der Waals surface area (Å²) in [5, 5.41) is 2.42. The maximum Gasteiger partial charge on any atom is 0.308 e. The van der Waals surface area contributed by atoms with Crippen LogP contribution in [0.25, 0.3) is 0 Å². The number of nitrogens with one attached hydrogen (secondary N) is 1. The van der Waals surface area contributed by atoms with Gasteiger partial charge < -0.3 is 10.1 Å². The van der Waals surface area contributed by atoms with Gasteiger partial charge in [-0.2, -0.15) is 0 Å². The summed E-state index contributed by atoms with van der Waals surface area (Å²) in [4.78, 5) is 22.1. The van der Waals surface area contributed by atoms with Crippen LogP contribution in [0.2, 0.25) is 0 Å². The summed E-state index contributed by atoms with van der Waals surface area (Å²) in [6.45, 7) is 8.64. The summed E-state index contributed by atoms with van der Waals surface area (Å²) < 4.78 is 18.2. The molecule has 0 fully saturated rings. The Hall–Kier alpha value is -1.91. The zero-order chi connectivity index (χ0) is 15.0. The molecule has 1 N–H and O–H groups in total. The molecule has 5 heteroatoms. The Bertz CT molecular complexity index is 444. The second-order valence-electron chi connectivity index (χ2n) is 3.88. The van der Waals surface area contributed by atoms with Crippen molar-refractivity contribution >= 4 is 17.6 Å². The molecule has 0 heterocycles. The molecular weight excluding hydrogens is 249 g/mol. The zero-order valence-electron chi connectivity index (χ0n) is 11.9. The van der Waals surface area contributed by atoms with Crippen LogP contribution in [-0.2, 0) is 9.59 Å². The van der Waals surface area contributed by atoms with Crippen LogP contribution in [0.4, 0.5) is 10.1 Å². The van der Waals surface area contributed by atoms with Crippen molar-refractivity contribution < 1.29 is 18.7 Å². The SMILES string of the molecule is CC.CC(=O)Oc1ccc(F)c(NC(=O)C(C)C)c1. The van der Waals surface area contributed by atoms with Gasteiger partial charge in [0, 0.05) is 18.9 Å². The van der Waals surface area contributed by atoms with Gasteiger partial charge in [-0.25, -0.2) is 4.39 Å². The van der Waals surface area contributed by atoms with Crippen LogP contribution in [0.1, 0.15) is 34.6 Å². The quantitative estimate of drug-likeness (QED) is 0.676. The van der Waals surface area contributed by atoms with Crippen molar-refractivity contribution in [3.05, 3.63) is 24.0 Å². The van der Waals surface area contributed by atoms with Gasteiger partial charge in [-0.3, -0.25) is 9.59 Å². The second-order valence-corrected chi connectivity index (χ2v) is 3.88. The van der Waals surface area contributed by atoms with Gasteiger partial charge in [0.25, 0.3) is 0 Å². The molecule has 4 nitrogen and oxygen atoms in total. The first-order valence-corrected chi connectivity index (χ1v) is 6.19. The number of hydrogen-bond donors (Lipinski definition) is 1. The van der Waals surface area contributed by atoms with Crippen LogP contribution in [0.15, 0.2) is 18.2 Å². The summed E-state index contributed by atoms with van der Waals surface area (Å²) in [5.41, 5.74) is 0.00227. The van der Waals surface area contributed by atoms with E-state index in [-0.39, 0.29) is 23.3 Å². The number of amides is 1. The predicted molar refractivity (Wildman–Crippen MR) is 72.5 cm³/mol. The van der Waals surface area contributed by atoms with E-state index in [1.165, 1.54) is 19.1 Å². The number of rotatable bonds is 3. The van der Waals surface area contributed by atoms with Crippen molar-refractivity contribution in [3.63, 3.8) is 0 Å². The molecule has 19 heavy (non-hydrogen) atoms. The number of halogens is 1. The van der Waals surface area contributed by atoms with Crippen LogP contribution in [0, 0.1) is 11.7 Å². The predicted octanol–water partition coefficient (Wildman–Crippen LogP) is 3.37. The average molecular weight is 269 g/mol. The monoisotopic (exact) mass is 269 g/mol. The molecule has 0 bridgehead atoms. The van der Waals surface area contributed by atoms with E-state index in [0.717, 1.165) is 6.07 Å². The Morgan fingerprint density at radius 2 is 1.84 bits per heavy atom. The highest BCUT2D eigenvalue weighted by atomic mass is 19.1. The fourth-order valence-corrected chi connectivity index (χ4v) is 1.11. The van der Waals surface area contributed by atoms with Gasteiger partial charge in [-0.15, -0.1) is 0 Å². The number of hydrogen-bond acceptors (Lipinski definition) is 3. The molecule has 1 aromatic carbocycles. The summed E-state index contributed by atoms with van der Waals surface area (Å²) in [7, 11) is 0. The molecule has 0 aliphatic heterocycles.